The molecule has 9 heteroatoms. The van der Waals surface area contributed by atoms with Gasteiger partial charge in [-0.15, -0.1) is 6.58 Å². The molecule has 0 radical (unpaired) electrons. The molecule has 1 aliphatic heterocycles. The topological polar surface area (TPSA) is 130 Å². The minimum Gasteiger partial charge on any atom is -0.334 e. The van der Waals surface area contributed by atoms with Gasteiger partial charge < -0.3 is 15.5 Å². The van der Waals surface area contributed by atoms with E-state index in [-0.39, 0.29) is 48.6 Å². The maximum Gasteiger partial charge on any atom is 0.315 e. The fourth-order valence-electron chi connectivity index (χ4n) is 6.00. The van der Waals surface area contributed by atoms with Crippen molar-refractivity contribution in [3.8, 4) is 0 Å². The highest BCUT2D eigenvalue weighted by Gasteiger charge is 2.41. The number of nitrogens with one attached hydrogen (secondary N) is 2. The van der Waals surface area contributed by atoms with E-state index >= 15 is 0 Å². The third kappa shape index (κ3) is 14.4. The van der Waals surface area contributed by atoms with E-state index in [9.17, 15) is 28.8 Å². The van der Waals surface area contributed by atoms with Crippen LogP contribution in [0.5, 0.6) is 0 Å². The minimum absolute atomic E-state index is 0.00423. The number of likely N-dealkylation sites (tertiary alicyclic amines) is 1. The van der Waals surface area contributed by atoms with E-state index in [0.717, 1.165) is 32.1 Å². The normalized spacial score (nSPS) is 18.3. The number of amides is 3. The van der Waals surface area contributed by atoms with Crippen LogP contribution in [-0.2, 0) is 24.0 Å². The molecule has 2 aliphatic rings. The van der Waals surface area contributed by atoms with Crippen LogP contribution < -0.4 is 10.6 Å². The number of urea groups is 1. The Labute approximate surface area is 272 Å². The Morgan fingerprint density at radius 3 is 2.11 bits per heavy atom. The summed E-state index contributed by atoms with van der Waals surface area (Å²) in [5, 5.41) is 5.81. The van der Waals surface area contributed by atoms with Crippen molar-refractivity contribution in [2.24, 2.45) is 17.8 Å². The predicted molar refractivity (Wildman–Crippen MR) is 179 cm³/mol. The van der Waals surface area contributed by atoms with Crippen LogP contribution in [0.2, 0.25) is 0 Å². The number of nitrogens with zero attached hydrogens (tertiary/aromatic N) is 1. The van der Waals surface area contributed by atoms with Crippen molar-refractivity contribution in [3.63, 3.8) is 0 Å². The van der Waals surface area contributed by atoms with Gasteiger partial charge >= 0.3 is 6.03 Å². The van der Waals surface area contributed by atoms with Crippen LogP contribution in [0.3, 0.4) is 0 Å². The molecule has 3 atom stereocenters. The summed E-state index contributed by atoms with van der Waals surface area (Å²) in [6, 6.07) is -1.82. The molecule has 0 aromatic heterocycles. The predicted octanol–water partition coefficient (Wildman–Crippen LogP) is 6.52. The number of Topliss-reactive ketones (excluding diaryl/α,β-unsaturated/α-hetero) is 4. The van der Waals surface area contributed by atoms with Crippen LogP contribution in [0.4, 0.5) is 4.79 Å². The number of allylic oxidation sites excluding steroid dienone is 1. The van der Waals surface area contributed by atoms with Gasteiger partial charge in [-0.2, -0.15) is 0 Å². The molecule has 0 bridgehead atoms. The van der Waals surface area contributed by atoms with E-state index in [1.807, 2.05) is 20.8 Å². The Morgan fingerprint density at radius 2 is 1.56 bits per heavy atom. The van der Waals surface area contributed by atoms with Gasteiger partial charge in [0.25, 0.3) is 0 Å². The second-order valence-electron chi connectivity index (χ2n) is 14.1. The maximum absolute atomic E-state index is 14.0. The molecule has 1 heterocycles. The van der Waals surface area contributed by atoms with E-state index in [1.165, 1.54) is 6.42 Å². The Hall–Kier alpha value is -2.84. The first-order valence-electron chi connectivity index (χ1n) is 17.3. The van der Waals surface area contributed by atoms with Crippen molar-refractivity contribution in [2.45, 2.75) is 156 Å². The first kappa shape index (κ1) is 40.2. The molecular weight excluding hydrogens is 570 g/mol. The lowest BCUT2D eigenvalue weighted by Crippen LogP contribution is -2.58. The maximum atomic E-state index is 14.0. The third-order valence-electron chi connectivity index (χ3n) is 8.35. The molecule has 256 valence electrons. The second kappa shape index (κ2) is 20.3. The summed E-state index contributed by atoms with van der Waals surface area (Å²) < 4.78 is 0. The number of hydrogen-bond acceptors (Lipinski definition) is 6. The second-order valence-corrected chi connectivity index (χ2v) is 14.1. The van der Waals surface area contributed by atoms with Gasteiger partial charge in [0.2, 0.25) is 11.7 Å². The highest BCUT2D eigenvalue weighted by atomic mass is 16.2. The molecule has 2 fully saturated rings. The molecule has 0 aromatic carbocycles. The third-order valence-corrected chi connectivity index (χ3v) is 8.35. The van der Waals surface area contributed by atoms with Crippen molar-refractivity contribution in [1.29, 1.82) is 0 Å². The number of rotatable bonds is 16. The average molecular weight is 632 g/mol. The van der Waals surface area contributed by atoms with Crippen LogP contribution in [0.15, 0.2) is 12.7 Å². The van der Waals surface area contributed by atoms with Gasteiger partial charge in [-0.1, -0.05) is 59.5 Å². The Bertz CT molecular complexity index is 1010. The lowest BCUT2D eigenvalue weighted by Gasteiger charge is -2.35. The number of carbonyl (C=O) groups is 6. The van der Waals surface area contributed by atoms with Crippen molar-refractivity contribution in [2.75, 3.05) is 6.54 Å². The average Bonchev–Trinajstić information content (AvgIpc) is 3.47. The summed E-state index contributed by atoms with van der Waals surface area (Å²) in [6.07, 6.45) is 10.0. The fourth-order valence-corrected chi connectivity index (χ4v) is 6.00. The summed E-state index contributed by atoms with van der Waals surface area (Å²) in [4.78, 5) is 79.7. The van der Waals surface area contributed by atoms with Gasteiger partial charge in [0, 0.05) is 43.2 Å². The number of carbonyl (C=O) groups excluding carboxylic acids is 6. The molecule has 2 rings (SSSR count). The van der Waals surface area contributed by atoms with Gasteiger partial charge in [-0.3, -0.25) is 24.0 Å². The van der Waals surface area contributed by atoms with E-state index in [4.69, 9.17) is 0 Å². The zero-order chi connectivity index (χ0) is 34.2. The van der Waals surface area contributed by atoms with Crippen LogP contribution in [-0.4, -0.2) is 64.1 Å². The lowest BCUT2D eigenvalue weighted by molar-refractivity contribution is -0.143. The van der Waals surface area contributed by atoms with Crippen LogP contribution in [0, 0.1) is 17.8 Å². The van der Waals surface area contributed by atoms with Crippen molar-refractivity contribution < 1.29 is 28.8 Å². The van der Waals surface area contributed by atoms with E-state index in [2.05, 4.69) is 31.1 Å². The Balaban J connectivity index is 0.00000324. The summed E-state index contributed by atoms with van der Waals surface area (Å²) in [5.74, 6) is -2.48. The highest BCUT2D eigenvalue weighted by molar-refractivity contribution is 6.38. The van der Waals surface area contributed by atoms with Crippen molar-refractivity contribution in [1.82, 2.24) is 15.5 Å². The molecular formula is C36H61N3O6. The van der Waals surface area contributed by atoms with Crippen LogP contribution in [0.25, 0.3) is 0 Å². The van der Waals surface area contributed by atoms with Crippen molar-refractivity contribution in [3.05, 3.63) is 12.7 Å². The van der Waals surface area contributed by atoms with Gasteiger partial charge in [0.1, 0.15) is 11.8 Å². The summed E-state index contributed by atoms with van der Waals surface area (Å²) in [6.45, 7) is 17.6. The molecule has 2 N–H and O–H groups in total. The van der Waals surface area contributed by atoms with Crippen LogP contribution >= 0.6 is 0 Å². The first-order chi connectivity index (χ1) is 21.2. The fraction of sp³-hybridized carbons (Fsp3) is 0.778. The smallest absolute Gasteiger partial charge is 0.315 e. The minimum atomic E-state index is -0.786. The van der Waals surface area contributed by atoms with E-state index in [1.54, 1.807) is 24.8 Å². The van der Waals surface area contributed by atoms with E-state index in [0.29, 0.717) is 38.6 Å². The number of hydrogen-bond donors (Lipinski definition) is 2. The zero-order valence-electron chi connectivity index (χ0n) is 29.2. The molecule has 45 heavy (non-hydrogen) atoms. The van der Waals surface area contributed by atoms with Gasteiger partial charge in [-0.05, 0) is 71.6 Å². The quantitative estimate of drug-likeness (QED) is 0.147. The molecule has 1 unspecified atom stereocenters. The Kier molecular flexibility index (Phi) is 18.1. The van der Waals surface area contributed by atoms with E-state index < -0.39 is 41.1 Å². The van der Waals surface area contributed by atoms with Gasteiger partial charge in [-0.25, -0.2) is 4.79 Å². The highest BCUT2D eigenvalue weighted by Crippen LogP contribution is 2.30. The standard InChI is InChI=1S/C33H53N3O6.C3H8/c1-7-8-14-24(30(40)27(38)19-12-18-26(37)22(2)3)21-28(39)25-17-13-20-36(25)31(41)29(23-15-10-9-11-16-23)34-32(42)35-33(4,5)6;1-3-2/h7,22-25,29H,1,8-21H2,2-6H3,(H2,34,35,42);3H2,1-2H3/t24?,25-,29-;/m0./s1. The monoisotopic (exact) mass is 631 g/mol. The molecule has 1 aliphatic carbocycles. The largest absolute Gasteiger partial charge is 0.334 e. The van der Waals surface area contributed by atoms with Crippen LogP contribution in [0.1, 0.15) is 138 Å². The Morgan fingerprint density at radius 1 is 0.933 bits per heavy atom. The van der Waals surface area contributed by atoms with Gasteiger partial charge in [0.05, 0.1) is 6.04 Å². The molecule has 1 saturated heterocycles. The molecule has 1 saturated carbocycles. The molecule has 0 spiro atoms. The lowest BCUT2D eigenvalue weighted by atomic mass is 9.83. The molecule has 3 amide bonds. The first-order valence-corrected chi connectivity index (χ1v) is 17.3. The number of ketones is 4. The summed E-state index contributed by atoms with van der Waals surface area (Å²) in [7, 11) is 0. The van der Waals surface area contributed by atoms with Gasteiger partial charge in [0.15, 0.2) is 11.6 Å². The zero-order valence-corrected chi connectivity index (χ0v) is 29.2. The summed E-state index contributed by atoms with van der Waals surface area (Å²) in [5.41, 5.74) is -0.467. The SMILES string of the molecule is C=CCCC(CC(=O)[C@@H]1CCCN1C(=O)[C@@H](NC(=O)NC(C)(C)C)C1CCCCC1)C(=O)C(=O)CCCC(=O)C(C)C.CCC. The molecule has 0 aromatic rings. The van der Waals surface area contributed by atoms with Crippen molar-refractivity contribution >= 4 is 35.1 Å². The summed E-state index contributed by atoms with van der Waals surface area (Å²) >= 11 is 0. The molecule has 9 nitrogen and oxygen atoms in total.